The smallest absolute Gasteiger partial charge is 0.411 e. The van der Waals surface area contributed by atoms with E-state index in [1.165, 1.54) is 0 Å². The number of hydrogen-bond donors (Lipinski definition) is 1. The summed E-state index contributed by atoms with van der Waals surface area (Å²) in [6.07, 6.45) is 9.63. The van der Waals surface area contributed by atoms with Crippen molar-refractivity contribution < 1.29 is 9.53 Å². The number of terminal acetylenes is 1. The van der Waals surface area contributed by atoms with Crippen molar-refractivity contribution >= 4 is 17.5 Å². The van der Waals surface area contributed by atoms with Crippen LogP contribution in [0.2, 0.25) is 0 Å². The first-order chi connectivity index (χ1) is 10.1. The zero-order valence-corrected chi connectivity index (χ0v) is 12.9. The van der Waals surface area contributed by atoms with Crippen LogP contribution in [-0.2, 0) is 4.74 Å². The molecule has 0 heterocycles. The molecule has 1 rings (SSSR count). The minimum Gasteiger partial charge on any atom is -0.449 e. The number of carbonyl (C=O) groups is 1. The van der Waals surface area contributed by atoms with Crippen LogP contribution in [0.5, 0.6) is 0 Å². The highest BCUT2D eigenvalue weighted by Crippen LogP contribution is 2.15. The fourth-order valence-corrected chi connectivity index (χ4v) is 1.84. The summed E-state index contributed by atoms with van der Waals surface area (Å²) in [5.74, 6) is 2.62. The highest BCUT2D eigenvalue weighted by molar-refractivity contribution is 5.84. The molecule has 0 aromatic heterocycles. The Morgan fingerprint density at radius 2 is 1.86 bits per heavy atom. The third-order valence-electron chi connectivity index (χ3n) is 3.08. The normalized spacial score (nSPS) is 9.76. The average molecular weight is 288 g/mol. The average Bonchev–Trinajstić information content (AvgIpc) is 2.47. The maximum Gasteiger partial charge on any atom is 0.411 e. The van der Waals surface area contributed by atoms with Gasteiger partial charge < -0.3 is 9.64 Å². The Morgan fingerprint density at radius 3 is 2.48 bits per heavy atom. The third-order valence-corrected chi connectivity index (χ3v) is 3.08. The molecule has 1 aromatic carbocycles. The van der Waals surface area contributed by atoms with Gasteiger partial charge in [-0.25, -0.2) is 4.79 Å². The summed E-state index contributed by atoms with van der Waals surface area (Å²) < 4.78 is 5.13. The Balaban J connectivity index is 2.17. The second-order valence-corrected chi connectivity index (χ2v) is 5.07. The number of ether oxygens (including phenoxy) is 1. The van der Waals surface area contributed by atoms with Gasteiger partial charge in [-0.2, -0.15) is 0 Å². The second-order valence-electron chi connectivity index (χ2n) is 5.07. The predicted molar refractivity (Wildman–Crippen MR) is 87.7 cm³/mol. The maximum atomic E-state index is 11.6. The molecule has 1 amide bonds. The topological polar surface area (TPSA) is 41.6 Å². The summed E-state index contributed by atoms with van der Waals surface area (Å²) in [5, 5.41) is 2.71. The van der Waals surface area contributed by atoms with E-state index in [0.29, 0.717) is 6.61 Å². The molecule has 0 aliphatic heterocycles. The zero-order chi connectivity index (χ0) is 15.5. The first-order valence-electron chi connectivity index (χ1n) is 7.28. The number of nitrogens with zero attached hydrogens (tertiary/aromatic N) is 1. The molecule has 0 aliphatic rings. The van der Waals surface area contributed by atoms with Crippen molar-refractivity contribution in [2.45, 2.75) is 32.1 Å². The largest absolute Gasteiger partial charge is 0.449 e. The summed E-state index contributed by atoms with van der Waals surface area (Å²) in [4.78, 5) is 13.6. The number of anilines is 2. The molecule has 0 fully saturated rings. The van der Waals surface area contributed by atoms with Crippen LogP contribution in [0.25, 0.3) is 0 Å². The highest BCUT2D eigenvalue weighted by atomic mass is 16.5. The van der Waals surface area contributed by atoms with Crippen LogP contribution in [0.15, 0.2) is 24.3 Å². The van der Waals surface area contributed by atoms with Crippen molar-refractivity contribution in [1.29, 1.82) is 0 Å². The Labute approximate surface area is 127 Å². The zero-order valence-electron chi connectivity index (χ0n) is 12.9. The number of rotatable bonds is 8. The summed E-state index contributed by atoms with van der Waals surface area (Å²) in [6, 6.07) is 7.61. The molecule has 4 nitrogen and oxygen atoms in total. The van der Waals surface area contributed by atoms with Crippen LogP contribution < -0.4 is 10.2 Å². The van der Waals surface area contributed by atoms with Gasteiger partial charge in [-0.1, -0.05) is 12.8 Å². The monoisotopic (exact) mass is 288 g/mol. The van der Waals surface area contributed by atoms with Crippen LogP contribution in [-0.4, -0.2) is 26.8 Å². The highest BCUT2D eigenvalue weighted by Gasteiger charge is 2.03. The molecule has 1 aromatic rings. The van der Waals surface area contributed by atoms with Crippen molar-refractivity contribution in [2.75, 3.05) is 30.9 Å². The first kappa shape index (κ1) is 16.9. The van der Waals surface area contributed by atoms with Gasteiger partial charge >= 0.3 is 6.09 Å². The molecule has 0 spiro atoms. The van der Waals surface area contributed by atoms with Gasteiger partial charge in [0.15, 0.2) is 0 Å². The molecule has 114 valence electrons. The number of amides is 1. The van der Waals surface area contributed by atoms with Gasteiger partial charge in [0.1, 0.15) is 0 Å². The number of unbranched alkanes of at least 4 members (excludes halogenated alkanes) is 4. The van der Waals surface area contributed by atoms with Crippen LogP contribution in [0, 0.1) is 12.3 Å². The summed E-state index contributed by atoms with van der Waals surface area (Å²) in [6.45, 7) is 0.442. The van der Waals surface area contributed by atoms with Gasteiger partial charge in [-0.05, 0) is 37.1 Å². The lowest BCUT2D eigenvalue weighted by Crippen LogP contribution is -2.14. The van der Waals surface area contributed by atoms with Crippen LogP contribution in [0.4, 0.5) is 16.2 Å². The third kappa shape index (κ3) is 7.26. The molecule has 0 unspecified atom stereocenters. The Bertz CT molecular complexity index is 461. The first-order valence-corrected chi connectivity index (χ1v) is 7.28. The van der Waals surface area contributed by atoms with E-state index in [9.17, 15) is 4.79 Å². The Hall–Kier alpha value is -2.15. The molecule has 0 radical (unpaired) electrons. The van der Waals surface area contributed by atoms with E-state index in [0.717, 1.165) is 43.5 Å². The minimum atomic E-state index is -0.406. The summed E-state index contributed by atoms with van der Waals surface area (Å²) >= 11 is 0. The number of benzene rings is 1. The van der Waals surface area contributed by atoms with Crippen molar-refractivity contribution in [3.05, 3.63) is 24.3 Å². The van der Waals surface area contributed by atoms with Gasteiger partial charge in [-0.15, -0.1) is 12.3 Å². The summed E-state index contributed by atoms with van der Waals surface area (Å²) in [7, 11) is 3.95. The van der Waals surface area contributed by atoms with E-state index in [1.807, 2.05) is 43.3 Å². The number of hydrogen-bond acceptors (Lipinski definition) is 3. The minimum absolute atomic E-state index is 0.406. The van der Waals surface area contributed by atoms with Gasteiger partial charge in [-0.3, -0.25) is 5.32 Å². The molecule has 0 atom stereocenters. The lowest BCUT2D eigenvalue weighted by molar-refractivity contribution is 0.159. The predicted octanol–water partition coefficient (Wildman–Crippen LogP) is 3.88. The molecule has 0 saturated carbocycles. The second kappa shape index (κ2) is 9.71. The van der Waals surface area contributed by atoms with E-state index >= 15 is 0 Å². The molecular formula is C17H24N2O2. The van der Waals surface area contributed by atoms with Crippen LogP contribution in [0.3, 0.4) is 0 Å². The number of carbonyl (C=O) groups excluding carboxylic acids is 1. The van der Waals surface area contributed by atoms with Crippen molar-refractivity contribution in [3.8, 4) is 12.3 Å². The van der Waals surface area contributed by atoms with Gasteiger partial charge in [0.05, 0.1) is 6.61 Å². The molecule has 0 saturated heterocycles. The summed E-state index contributed by atoms with van der Waals surface area (Å²) in [5.41, 5.74) is 1.82. The van der Waals surface area contributed by atoms with Crippen molar-refractivity contribution in [3.63, 3.8) is 0 Å². The molecule has 1 N–H and O–H groups in total. The van der Waals surface area contributed by atoms with Crippen LogP contribution >= 0.6 is 0 Å². The van der Waals surface area contributed by atoms with Gasteiger partial charge in [0.25, 0.3) is 0 Å². The van der Waals surface area contributed by atoms with Crippen LogP contribution in [0.1, 0.15) is 32.1 Å². The molecule has 21 heavy (non-hydrogen) atoms. The Morgan fingerprint density at radius 1 is 1.19 bits per heavy atom. The molecule has 0 aliphatic carbocycles. The van der Waals surface area contributed by atoms with E-state index < -0.39 is 6.09 Å². The van der Waals surface area contributed by atoms with E-state index in [4.69, 9.17) is 11.2 Å². The fourth-order valence-electron chi connectivity index (χ4n) is 1.84. The van der Waals surface area contributed by atoms with E-state index in [1.54, 1.807) is 0 Å². The van der Waals surface area contributed by atoms with E-state index in [2.05, 4.69) is 11.2 Å². The maximum absolute atomic E-state index is 11.6. The fraction of sp³-hybridized carbons (Fsp3) is 0.471. The standard InChI is InChI=1S/C17H24N2O2/c1-4-5-6-7-8-9-14-21-17(20)18-15-10-12-16(13-11-15)19(2)3/h1,10-13H,5-9,14H2,2-3H3,(H,18,20). The molecule has 0 bridgehead atoms. The quantitative estimate of drug-likeness (QED) is 0.583. The van der Waals surface area contributed by atoms with Crippen molar-refractivity contribution in [2.24, 2.45) is 0 Å². The number of nitrogens with one attached hydrogen (secondary N) is 1. The van der Waals surface area contributed by atoms with Crippen molar-refractivity contribution in [1.82, 2.24) is 0 Å². The lowest BCUT2D eigenvalue weighted by Gasteiger charge is -2.13. The Kier molecular flexibility index (Phi) is 7.81. The van der Waals surface area contributed by atoms with Gasteiger partial charge in [0.2, 0.25) is 0 Å². The van der Waals surface area contributed by atoms with Gasteiger partial charge in [0, 0.05) is 31.9 Å². The van der Waals surface area contributed by atoms with E-state index in [-0.39, 0.29) is 0 Å². The molecular weight excluding hydrogens is 264 g/mol. The lowest BCUT2D eigenvalue weighted by atomic mass is 10.1. The SMILES string of the molecule is C#CCCCCCCOC(=O)Nc1ccc(N(C)C)cc1. The molecule has 4 heteroatoms.